The van der Waals surface area contributed by atoms with Crippen molar-refractivity contribution in [2.24, 2.45) is 0 Å². The number of sulfonamides is 1. The lowest BCUT2D eigenvalue weighted by atomic mass is 10.2. The van der Waals surface area contributed by atoms with E-state index < -0.39 is 26.7 Å². The van der Waals surface area contributed by atoms with Crippen molar-refractivity contribution in [1.29, 1.82) is 0 Å². The van der Waals surface area contributed by atoms with Crippen LogP contribution in [0, 0.1) is 0 Å². The molecule has 9 nitrogen and oxygen atoms in total. The van der Waals surface area contributed by atoms with Crippen LogP contribution in [0.3, 0.4) is 0 Å². The van der Waals surface area contributed by atoms with E-state index in [1.165, 1.54) is 16.4 Å². The number of carbonyl (C=O) groups excluding carboxylic acids is 1. The Balaban J connectivity index is 1.35. The van der Waals surface area contributed by atoms with Crippen molar-refractivity contribution < 1.29 is 23.1 Å². The molecule has 2 bridgehead atoms. The van der Waals surface area contributed by atoms with Crippen LogP contribution in [0.2, 0.25) is 5.02 Å². The van der Waals surface area contributed by atoms with E-state index in [2.05, 4.69) is 16.0 Å². The Morgan fingerprint density at radius 3 is 2.31 bits per heavy atom. The van der Waals surface area contributed by atoms with E-state index in [1.807, 2.05) is 18.2 Å². The first kappa shape index (κ1) is 24.4. The van der Waals surface area contributed by atoms with Gasteiger partial charge in [-0.3, -0.25) is 0 Å². The number of ether oxygens (including phenoxy) is 1. The number of hydrogen-bond acceptors (Lipinski definition) is 6. The van der Waals surface area contributed by atoms with Crippen LogP contribution in [0.4, 0.5) is 16.2 Å². The first-order valence-corrected chi connectivity index (χ1v) is 13.3. The fraction of sp³-hybridized carbons (Fsp3) is 0.240. The smallest absolute Gasteiger partial charge is 0.323 e. The van der Waals surface area contributed by atoms with Crippen molar-refractivity contribution in [2.45, 2.75) is 29.8 Å². The Kier molecular flexibility index (Phi) is 6.76. The molecule has 0 radical (unpaired) electrons. The number of nitrogens with zero attached hydrogens (tertiary/aromatic N) is 1. The Hall–Kier alpha value is -3.31. The highest BCUT2D eigenvalue weighted by Crippen LogP contribution is 2.40. The molecule has 2 saturated heterocycles. The molecule has 0 aromatic heterocycles. The van der Waals surface area contributed by atoms with Gasteiger partial charge in [-0.05, 0) is 49.2 Å². The maximum absolute atomic E-state index is 13.4. The molecule has 2 aliphatic heterocycles. The zero-order valence-electron chi connectivity index (χ0n) is 19.1. The normalized spacial score (nSPS) is 19.6. The molecule has 0 unspecified atom stereocenters. The molecular weight excluding hydrogens is 504 g/mol. The first-order valence-electron chi connectivity index (χ1n) is 11.5. The third-order valence-corrected chi connectivity index (χ3v) is 8.55. The summed E-state index contributed by atoms with van der Waals surface area (Å²) in [4.78, 5) is 12.4. The number of nitrogens with one attached hydrogen (secondary N) is 3. The average Bonchev–Trinajstić information content (AvgIpc) is 3.19. The number of urea groups is 1. The minimum atomic E-state index is -4.09. The van der Waals surface area contributed by atoms with Crippen molar-refractivity contribution in [3.05, 3.63) is 71.8 Å². The van der Waals surface area contributed by atoms with E-state index in [1.54, 1.807) is 36.4 Å². The number of aromatic hydroxyl groups is 1. The predicted molar refractivity (Wildman–Crippen MR) is 137 cm³/mol. The highest BCUT2D eigenvalue weighted by molar-refractivity contribution is 7.89. The minimum absolute atomic E-state index is 0.0738. The number of phenolic OH excluding ortho intramolecular Hbond substituents is 1. The number of rotatable bonds is 6. The highest BCUT2D eigenvalue weighted by atomic mass is 35.5. The molecule has 2 atom stereocenters. The zero-order valence-corrected chi connectivity index (χ0v) is 20.7. The molecule has 11 heteroatoms. The summed E-state index contributed by atoms with van der Waals surface area (Å²) in [5.74, 6) is 0.395. The topological polar surface area (TPSA) is 120 Å². The Morgan fingerprint density at radius 2 is 1.58 bits per heavy atom. The lowest BCUT2D eigenvalue weighted by Crippen LogP contribution is -2.52. The van der Waals surface area contributed by atoms with Crippen molar-refractivity contribution in [1.82, 2.24) is 9.62 Å². The van der Waals surface area contributed by atoms with Gasteiger partial charge in [-0.15, -0.1) is 0 Å². The third-order valence-electron chi connectivity index (χ3n) is 6.22. The lowest BCUT2D eigenvalue weighted by molar-refractivity contribution is 0.262. The van der Waals surface area contributed by atoms with Crippen LogP contribution in [-0.2, 0) is 10.0 Å². The summed E-state index contributed by atoms with van der Waals surface area (Å²) < 4.78 is 34.0. The molecule has 0 spiro atoms. The molecule has 5 rings (SSSR count). The average molecular weight is 529 g/mol. The third kappa shape index (κ3) is 4.98. The van der Waals surface area contributed by atoms with Gasteiger partial charge in [0.1, 0.15) is 10.6 Å². The number of hydrogen-bond donors (Lipinski definition) is 4. The largest absolute Gasteiger partial charge is 0.504 e. The van der Waals surface area contributed by atoms with E-state index in [9.17, 15) is 18.3 Å². The monoisotopic (exact) mass is 528 g/mol. The van der Waals surface area contributed by atoms with Gasteiger partial charge in [-0.2, -0.15) is 4.31 Å². The van der Waals surface area contributed by atoms with Gasteiger partial charge in [0.15, 0.2) is 11.5 Å². The number of benzene rings is 3. The minimum Gasteiger partial charge on any atom is -0.504 e. The number of piperazine rings is 1. The van der Waals surface area contributed by atoms with E-state index in [-0.39, 0.29) is 22.8 Å². The van der Waals surface area contributed by atoms with Crippen LogP contribution >= 0.6 is 11.6 Å². The fourth-order valence-electron chi connectivity index (χ4n) is 4.52. The molecule has 0 saturated carbocycles. The second-order valence-electron chi connectivity index (χ2n) is 8.72. The second-order valence-corrected chi connectivity index (χ2v) is 11.0. The fourth-order valence-corrected chi connectivity index (χ4v) is 6.65. The van der Waals surface area contributed by atoms with Crippen molar-refractivity contribution in [3.63, 3.8) is 0 Å². The molecule has 2 amide bonds. The summed E-state index contributed by atoms with van der Waals surface area (Å²) in [6.07, 6.45) is 1.79. The molecule has 0 aliphatic carbocycles. The summed E-state index contributed by atoms with van der Waals surface area (Å²) in [5.41, 5.74) is 0.298. The van der Waals surface area contributed by atoms with E-state index in [0.29, 0.717) is 30.3 Å². The quantitative estimate of drug-likeness (QED) is 0.347. The second kappa shape index (κ2) is 9.98. The zero-order chi connectivity index (χ0) is 25.3. The molecule has 3 aromatic rings. The summed E-state index contributed by atoms with van der Waals surface area (Å²) in [5, 5.41) is 19.3. The van der Waals surface area contributed by atoms with Crippen molar-refractivity contribution in [3.8, 4) is 17.2 Å². The van der Waals surface area contributed by atoms with Crippen LogP contribution in [0.5, 0.6) is 17.2 Å². The van der Waals surface area contributed by atoms with Gasteiger partial charge in [0, 0.05) is 25.2 Å². The van der Waals surface area contributed by atoms with Crippen LogP contribution in [0.1, 0.15) is 12.8 Å². The van der Waals surface area contributed by atoms with Gasteiger partial charge in [0.25, 0.3) is 0 Å². The SMILES string of the molecule is O=C(Nc1ccccc1Oc1ccccc1)Nc1ccc(Cl)c(S(=O)(=O)N2C[C@@H]3CC[C@@H](C2)N3)c1O. The van der Waals surface area contributed by atoms with Crippen molar-refractivity contribution in [2.75, 3.05) is 23.7 Å². The van der Waals surface area contributed by atoms with Gasteiger partial charge in [-0.1, -0.05) is 41.9 Å². The number of para-hydroxylation sites is 3. The Morgan fingerprint density at radius 1 is 0.944 bits per heavy atom. The van der Waals surface area contributed by atoms with Gasteiger partial charge >= 0.3 is 6.03 Å². The number of anilines is 2. The summed E-state index contributed by atoms with van der Waals surface area (Å²) in [6, 6.07) is 18.1. The molecular formula is C25H25ClN4O5S. The first-order chi connectivity index (χ1) is 17.3. The molecule has 4 N–H and O–H groups in total. The summed E-state index contributed by atoms with van der Waals surface area (Å²) in [7, 11) is -4.09. The number of halogens is 1. The predicted octanol–water partition coefficient (Wildman–Crippen LogP) is 4.61. The maximum atomic E-state index is 13.4. The molecule has 2 aliphatic rings. The molecule has 188 valence electrons. The summed E-state index contributed by atoms with van der Waals surface area (Å²) >= 11 is 6.23. The number of phenols is 1. The maximum Gasteiger partial charge on any atom is 0.323 e. The van der Waals surface area contributed by atoms with Gasteiger partial charge in [-0.25, -0.2) is 13.2 Å². The van der Waals surface area contributed by atoms with Gasteiger partial charge < -0.3 is 25.8 Å². The molecule has 3 aromatic carbocycles. The van der Waals surface area contributed by atoms with Gasteiger partial charge in [0.2, 0.25) is 10.0 Å². The van der Waals surface area contributed by atoms with Gasteiger partial charge in [0.05, 0.1) is 16.4 Å². The van der Waals surface area contributed by atoms with Crippen LogP contribution in [0.15, 0.2) is 71.6 Å². The summed E-state index contributed by atoms with van der Waals surface area (Å²) in [6.45, 7) is 0.593. The number of fused-ring (bicyclic) bond motifs is 2. The number of amides is 2. The van der Waals surface area contributed by atoms with Crippen LogP contribution in [-0.4, -0.2) is 49.0 Å². The lowest BCUT2D eigenvalue weighted by Gasteiger charge is -2.32. The van der Waals surface area contributed by atoms with Crippen LogP contribution in [0.25, 0.3) is 0 Å². The molecule has 2 fully saturated rings. The molecule has 36 heavy (non-hydrogen) atoms. The van der Waals surface area contributed by atoms with E-state index in [4.69, 9.17) is 16.3 Å². The Bertz CT molecular complexity index is 1370. The van der Waals surface area contributed by atoms with Crippen LogP contribution < -0.4 is 20.7 Å². The highest BCUT2D eigenvalue weighted by Gasteiger charge is 2.40. The van der Waals surface area contributed by atoms with E-state index in [0.717, 1.165) is 12.8 Å². The number of carbonyl (C=O) groups is 1. The van der Waals surface area contributed by atoms with Crippen molar-refractivity contribution >= 4 is 39.0 Å². The standard InChI is InChI=1S/C25H25ClN4O5S/c26-19-12-13-21(23(31)24(19)36(33,34)30-14-16-10-11-17(15-30)27-16)29-25(32)28-20-8-4-5-9-22(20)35-18-6-2-1-3-7-18/h1-9,12-13,16-17,27,31H,10-11,14-15H2,(H2,28,29,32)/t16-,17-/m0/s1. The van der Waals surface area contributed by atoms with E-state index >= 15 is 0 Å². The molecule has 2 heterocycles. The Labute approximate surface area is 214 Å².